The molecular formula is C10H16N3O3S-. The molecule has 0 amide bonds. The normalized spacial score (nSPS) is 11.2. The second-order valence-electron chi connectivity index (χ2n) is 3.64. The lowest BCUT2D eigenvalue weighted by Crippen LogP contribution is -2.27. The van der Waals surface area contributed by atoms with Crippen molar-refractivity contribution in [3.05, 3.63) is 29.5 Å². The van der Waals surface area contributed by atoms with E-state index < -0.39 is 10.0 Å². The van der Waals surface area contributed by atoms with Gasteiger partial charge in [-0.1, -0.05) is 0 Å². The van der Waals surface area contributed by atoms with Crippen LogP contribution in [0.3, 0.4) is 0 Å². The predicted molar refractivity (Wildman–Crippen MR) is 69.5 cm³/mol. The number of hydrogen-bond acceptors (Lipinski definition) is 5. The van der Waals surface area contributed by atoms with Crippen LogP contribution in [-0.4, -0.2) is 34.8 Å². The largest absolute Gasteiger partial charge is 0.758 e. The number of rotatable bonds is 6. The lowest BCUT2D eigenvalue weighted by atomic mass is 10.3. The maximum Gasteiger partial charge on any atom is 0.208 e. The molecule has 6 nitrogen and oxygen atoms in total. The molecule has 0 radical (unpaired) electrons. The van der Waals surface area contributed by atoms with Crippen molar-refractivity contribution < 1.29 is 8.42 Å². The number of sulfonamides is 1. The lowest BCUT2D eigenvalue weighted by molar-refractivity contribution is 0.589. The van der Waals surface area contributed by atoms with Crippen molar-refractivity contribution in [2.45, 2.75) is 0 Å². The Bertz CT molecular complexity index is 442. The van der Waals surface area contributed by atoms with E-state index in [-0.39, 0.29) is 0 Å². The zero-order valence-electron chi connectivity index (χ0n) is 9.80. The van der Waals surface area contributed by atoms with Gasteiger partial charge in [-0.15, -0.1) is 0 Å². The Labute approximate surface area is 101 Å². The molecule has 0 aromatic heterocycles. The highest BCUT2D eigenvalue weighted by Gasteiger charge is 1.98. The van der Waals surface area contributed by atoms with Gasteiger partial charge in [-0.3, -0.25) is 0 Å². The van der Waals surface area contributed by atoms with E-state index in [1.807, 2.05) is 0 Å². The van der Waals surface area contributed by atoms with Gasteiger partial charge < -0.3 is 15.6 Å². The fraction of sp³-hybridized carbons (Fsp3) is 0.400. The summed E-state index contributed by atoms with van der Waals surface area (Å²) < 4.78 is 23.9. The molecule has 0 heterocycles. The summed E-state index contributed by atoms with van der Waals surface area (Å²) in [4.78, 5) is 0. The Kier molecular flexibility index (Phi) is 4.73. The van der Waals surface area contributed by atoms with Gasteiger partial charge in [-0.2, -0.15) is 0 Å². The number of nitrogens with one attached hydrogen (secondary N) is 2. The topological polar surface area (TPSA) is 84.5 Å². The van der Waals surface area contributed by atoms with E-state index in [9.17, 15) is 13.6 Å². The molecule has 1 rings (SSSR count). The molecule has 0 aliphatic heterocycles. The van der Waals surface area contributed by atoms with E-state index in [4.69, 9.17) is 0 Å². The first-order chi connectivity index (χ1) is 7.88. The van der Waals surface area contributed by atoms with E-state index in [1.54, 1.807) is 24.3 Å². The summed E-state index contributed by atoms with van der Waals surface area (Å²) >= 11 is 0. The Morgan fingerprint density at radius 3 is 2.29 bits per heavy atom. The molecule has 17 heavy (non-hydrogen) atoms. The summed E-state index contributed by atoms with van der Waals surface area (Å²) in [6.45, 7) is 0.807. The highest BCUT2D eigenvalue weighted by Crippen LogP contribution is 2.15. The van der Waals surface area contributed by atoms with Gasteiger partial charge in [0.25, 0.3) is 0 Å². The fourth-order valence-corrected chi connectivity index (χ4v) is 1.71. The van der Waals surface area contributed by atoms with E-state index in [1.165, 1.54) is 7.05 Å². The van der Waals surface area contributed by atoms with Crippen LogP contribution in [0.1, 0.15) is 0 Å². The van der Waals surface area contributed by atoms with E-state index in [0.717, 1.165) is 17.0 Å². The minimum atomic E-state index is -3.13. The van der Waals surface area contributed by atoms with Crippen LogP contribution >= 0.6 is 0 Å². The number of hydrogen-bond donors (Lipinski definition) is 2. The summed E-state index contributed by atoms with van der Waals surface area (Å²) in [6.07, 6.45) is 1.12. The molecular weight excluding hydrogens is 242 g/mol. The highest BCUT2D eigenvalue weighted by molar-refractivity contribution is 7.88. The second kappa shape index (κ2) is 5.85. The molecule has 0 fully saturated rings. The minimum Gasteiger partial charge on any atom is -0.758 e. The van der Waals surface area contributed by atoms with Crippen LogP contribution in [-0.2, 0) is 10.0 Å². The summed E-state index contributed by atoms with van der Waals surface area (Å²) in [7, 11) is -1.71. The standard InChI is InChI=1S/C10H16N3O3S/c1-13(14)10-5-3-9(4-6-10)11-7-8-12-17(2,15)16/h3-6,11-12H,7-8H2,1-2H3/q-1. The van der Waals surface area contributed by atoms with E-state index in [0.29, 0.717) is 18.8 Å². The molecule has 7 heteroatoms. The molecule has 0 spiro atoms. The molecule has 1 aromatic carbocycles. The predicted octanol–water partition coefficient (Wildman–Crippen LogP) is 0.582. The summed E-state index contributed by atoms with van der Waals surface area (Å²) in [6, 6.07) is 6.92. The Balaban J connectivity index is 2.37. The first-order valence-electron chi connectivity index (χ1n) is 5.08. The Morgan fingerprint density at radius 1 is 1.24 bits per heavy atom. The van der Waals surface area contributed by atoms with Gasteiger partial charge in [-0.05, 0) is 31.3 Å². The zero-order chi connectivity index (χ0) is 12.9. The molecule has 0 unspecified atom stereocenters. The fourth-order valence-electron chi connectivity index (χ4n) is 1.23. The number of nitrogens with zero attached hydrogens (tertiary/aromatic N) is 1. The van der Waals surface area contributed by atoms with Gasteiger partial charge in [0.05, 0.1) is 6.26 Å². The smallest absolute Gasteiger partial charge is 0.208 e. The van der Waals surface area contributed by atoms with Crippen molar-refractivity contribution in [3.63, 3.8) is 0 Å². The maximum atomic E-state index is 10.9. The first-order valence-corrected chi connectivity index (χ1v) is 6.97. The lowest BCUT2D eigenvalue weighted by Gasteiger charge is -2.24. The third-order valence-electron chi connectivity index (χ3n) is 2.05. The average molecular weight is 258 g/mol. The van der Waals surface area contributed by atoms with Crippen molar-refractivity contribution in [1.82, 2.24) is 4.72 Å². The van der Waals surface area contributed by atoms with Gasteiger partial charge >= 0.3 is 0 Å². The SMILES string of the molecule is CN([O-])c1ccc(NCCNS(C)(=O)=O)cc1. The van der Waals surface area contributed by atoms with Crippen LogP contribution in [0.2, 0.25) is 0 Å². The van der Waals surface area contributed by atoms with Crippen molar-refractivity contribution in [3.8, 4) is 0 Å². The van der Waals surface area contributed by atoms with Gasteiger partial charge in [-0.25, -0.2) is 13.1 Å². The van der Waals surface area contributed by atoms with Crippen LogP contribution in [0.5, 0.6) is 0 Å². The molecule has 0 bridgehead atoms. The summed E-state index contributed by atoms with van der Waals surface area (Å²) in [5, 5.41) is 14.8. The Hall–Kier alpha value is -1.31. The molecule has 2 N–H and O–H groups in total. The van der Waals surface area contributed by atoms with Crippen molar-refractivity contribution in [2.24, 2.45) is 0 Å². The van der Waals surface area contributed by atoms with Gasteiger partial charge in [0.2, 0.25) is 10.0 Å². The average Bonchev–Trinajstić information content (AvgIpc) is 2.24. The third kappa shape index (κ3) is 5.53. The van der Waals surface area contributed by atoms with Gasteiger partial charge in [0.1, 0.15) is 0 Å². The zero-order valence-corrected chi connectivity index (χ0v) is 10.6. The summed E-state index contributed by atoms with van der Waals surface area (Å²) in [5.41, 5.74) is 1.41. The molecule has 0 aliphatic rings. The number of anilines is 2. The molecule has 0 atom stereocenters. The maximum absolute atomic E-state index is 10.9. The van der Waals surface area contributed by atoms with E-state index >= 15 is 0 Å². The first kappa shape index (κ1) is 13.8. The van der Waals surface area contributed by atoms with Gasteiger partial charge in [0, 0.05) is 24.5 Å². The van der Waals surface area contributed by atoms with Crippen molar-refractivity contribution in [2.75, 3.05) is 36.8 Å². The van der Waals surface area contributed by atoms with Crippen LogP contribution < -0.4 is 15.1 Å². The molecule has 0 aliphatic carbocycles. The molecule has 0 saturated carbocycles. The monoisotopic (exact) mass is 258 g/mol. The van der Waals surface area contributed by atoms with Crippen LogP contribution in [0.25, 0.3) is 0 Å². The van der Waals surface area contributed by atoms with Crippen molar-refractivity contribution in [1.29, 1.82) is 0 Å². The molecule has 0 saturated heterocycles. The molecule has 1 aromatic rings. The van der Waals surface area contributed by atoms with E-state index in [2.05, 4.69) is 10.0 Å². The van der Waals surface area contributed by atoms with Gasteiger partial charge in [0.15, 0.2) is 0 Å². The van der Waals surface area contributed by atoms with Crippen molar-refractivity contribution >= 4 is 21.4 Å². The third-order valence-corrected chi connectivity index (χ3v) is 2.78. The minimum absolute atomic E-state index is 0.321. The second-order valence-corrected chi connectivity index (χ2v) is 5.47. The Morgan fingerprint density at radius 2 is 1.82 bits per heavy atom. The highest BCUT2D eigenvalue weighted by atomic mass is 32.2. The number of benzene rings is 1. The van der Waals surface area contributed by atoms with Crippen LogP contribution in [0, 0.1) is 5.21 Å². The molecule has 96 valence electrons. The number of hydroxylamine groups is 1. The summed E-state index contributed by atoms with van der Waals surface area (Å²) in [5.74, 6) is 0. The quantitative estimate of drug-likeness (QED) is 0.576. The van der Waals surface area contributed by atoms with Crippen LogP contribution in [0.4, 0.5) is 11.4 Å². The van der Waals surface area contributed by atoms with Crippen LogP contribution in [0.15, 0.2) is 24.3 Å².